The number of hydrogen-bond acceptors (Lipinski definition) is 1. The highest BCUT2D eigenvalue weighted by atomic mass is 19.4. The Kier molecular flexibility index (Phi) is 15.2. The highest BCUT2D eigenvalue weighted by molar-refractivity contribution is 5.54. The van der Waals surface area contributed by atoms with Gasteiger partial charge in [0.25, 0.3) is 0 Å². The first-order valence-corrected chi connectivity index (χ1v) is 13.2. The van der Waals surface area contributed by atoms with Crippen molar-refractivity contribution in [2.45, 2.75) is 72.1 Å². The molecular weight excluding hydrogens is 571 g/mol. The molecule has 0 fully saturated rings. The molecule has 0 N–H and O–H groups in total. The fourth-order valence-corrected chi connectivity index (χ4v) is 3.47. The lowest BCUT2D eigenvalue weighted by atomic mass is 9.84. The molecule has 10 heteroatoms. The molecule has 0 radical (unpaired) electrons. The van der Waals surface area contributed by atoms with E-state index in [0.29, 0.717) is 18.3 Å². The first kappa shape index (κ1) is 38.8. The SMILES string of the molecule is C=C(/C=C\C(=C)C(=C)/C(F)=C(/F)C(=C)C(C)CCC(C)C(C)CCCC)C(=C)/C(F)=C(/F)C(=C)OC(F)(F)C(F)(F)F. The third kappa shape index (κ3) is 11.2. The molecule has 1 nitrogen and oxygen atoms in total. The van der Waals surface area contributed by atoms with Crippen molar-refractivity contribution < 1.29 is 44.3 Å². The zero-order valence-electron chi connectivity index (χ0n) is 24.5. The molecule has 0 aromatic carbocycles. The van der Waals surface area contributed by atoms with Gasteiger partial charge in [-0.15, -0.1) is 0 Å². The van der Waals surface area contributed by atoms with Crippen LogP contribution in [0.1, 0.15) is 59.8 Å². The number of halogens is 9. The molecule has 0 bridgehead atoms. The average Bonchev–Trinajstić information content (AvgIpc) is 2.92. The van der Waals surface area contributed by atoms with Crippen LogP contribution in [0.2, 0.25) is 0 Å². The van der Waals surface area contributed by atoms with Gasteiger partial charge < -0.3 is 4.74 Å². The molecule has 3 unspecified atom stereocenters. The monoisotopic (exact) mass is 610 g/mol. The third-order valence-corrected chi connectivity index (χ3v) is 6.92. The predicted octanol–water partition coefficient (Wildman–Crippen LogP) is 12.2. The van der Waals surface area contributed by atoms with Crippen molar-refractivity contribution in [1.29, 1.82) is 0 Å². The van der Waals surface area contributed by atoms with E-state index in [0.717, 1.165) is 37.8 Å². The molecule has 0 aliphatic rings. The molecule has 0 amide bonds. The van der Waals surface area contributed by atoms with E-state index in [1.54, 1.807) is 6.92 Å². The molecule has 236 valence electrons. The predicted molar refractivity (Wildman–Crippen MR) is 151 cm³/mol. The molecular formula is C32H39F9O. The van der Waals surface area contributed by atoms with Crippen LogP contribution in [-0.2, 0) is 4.74 Å². The Labute approximate surface area is 242 Å². The zero-order valence-corrected chi connectivity index (χ0v) is 24.5. The van der Waals surface area contributed by atoms with Crippen LogP contribution >= 0.6 is 0 Å². The van der Waals surface area contributed by atoms with Crippen LogP contribution in [0.4, 0.5) is 39.5 Å². The summed E-state index contributed by atoms with van der Waals surface area (Å²) in [5, 5.41) is 0. The molecule has 0 aliphatic heterocycles. The zero-order chi connectivity index (χ0) is 33.2. The van der Waals surface area contributed by atoms with Crippen LogP contribution in [0.15, 0.2) is 109 Å². The number of hydrogen-bond donors (Lipinski definition) is 0. The maximum atomic E-state index is 14.9. The van der Waals surface area contributed by atoms with Crippen molar-refractivity contribution in [3.05, 3.63) is 109 Å². The van der Waals surface area contributed by atoms with Crippen molar-refractivity contribution in [1.82, 2.24) is 0 Å². The standard InChI is InChI=1S/C32H39F9O/c1-11-12-13-18(2)19(3)14-15-20(4)23(7)27(33)28(34)24(8)21(5)16-17-22(6)25(9)29(35)30(36)26(10)42-32(40,41)31(37,38)39/h16-20H,5-15H2,1-4H3/b17-16-,28-27-,30-29-. The van der Waals surface area contributed by atoms with Gasteiger partial charge in [-0.1, -0.05) is 98.6 Å². The van der Waals surface area contributed by atoms with E-state index in [2.05, 4.69) is 65.0 Å². The molecule has 0 aromatic rings. The summed E-state index contributed by atoms with van der Waals surface area (Å²) in [6.07, 6.45) is -5.37. The summed E-state index contributed by atoms with van der Waals surface area (Å²) in [6.45, 7) is 27.9. The Morgan fingerprint density at radius 1 is 0.667 bits per heavy atom. The van der Waals surface area contributed by atoms with Crippen molar-refractivity contribution in [2.75, 3.05) is 0 Å². The average molecular weight is 611 g/mol. The van der Waals surface area contributed by atoms with E-state index in [1.165, 1.54) is 0 Å². The summed E-state index contributed by atoms with van der Waals surface area (Å²) in [6, 6.07) is 0. The minimum absolute atomic E-state index is 0.0575. The van der Waals surface area contributed by atoms with Crippen molar-refractivity contribution in [3.8, 4) is 0 Å². The topological polar surface area (TPSA) is 9.23 Å². The summed E-state index contributed by atoms with van der Waals surface area (Å²) in [5.41, 5.74) is -2.03. The van der Waals surface area contributed by atoms with E-state index in [-0.39, 0.29) is 17.1 Å². The molecule has 0 aliphatic carbocycles. The fraction of sp³-hybridized carbons (Fsp3) is 0.438. The molecule has 3 atom stereocenters. The Bertz CT molecular complexity index is 1150. The Morgan fingerprint density at radius 2 is 1.10 bits per heavy atom. The summed E-state index contributed by atoms with van der Waals surface area (Å²) >= 11 is 0. The Balaban J connectivity index is 5.44. The van der Waals surface area contributed by atoms with Gasteiger partial charge in [-0.2, -0.15) is 26.3 Å². The lowest BCUT2D eigenvalue weighted by Gasteiger charge is -2.22. The van der Waals surface area contributed by atoms with Gasteiger partial charge in [0.2, 0.25) is 5.83 Å². The molecule has 0 saturated heterocycles. The number of unbranched alkanes of at least 4 members (excludes halogenated alkanes) is 1. The highest BCUT2D eigenvalue weighted by Crippen LogP contribution is 2.40. The van der Waals surface area contributed by atoms with Gasteiger partial charge in [-0.25, -0.2) is 13.2 Å². The quantitative estimate of drug-likeness (QED) is 0.0852. The molecule has 0 saturated carbocycles. The van der Waals surface area contributed by atoms with Crippen LogP contribution < -0.4 is 0 Å². The third-order valence-electron chi connectivity index (χ3n) is 6.92. The number of ether oxygens (including phenoxy) is 1. The van der Waals surface area contributed by atoms with Gasteiger partial charge >= 0.3 is 12.3 Å². The number of allylic oxidation sites excluding steroid dienone is 11. The van der Waals surface area contributed by atoms with Gasteiger partial charge in [0.15, 0.2) is 23.2 Å². The second-order valence-electron chi connectivity index (χ2n) is 10.2. The van der Waals surface area contributed by atoms with Crippen LogP contribution in [-0.4, -0.2) is 12.3 Å². The first-order valence-electron chi connectivity index (χ1n) is 13.2. The van der Waals surface area contributed by atoms with Crippen LogP contribution in [0.3, 0.4) is 0 Å². The van der Waals surface area contributed by atoms with Gasteiger partial charge in [0, 0.05) is 11.1 Å². The van der Waals surface area contributed by atoms with Crippen LogP contribution in [0.25, 0.3) is 0 Å². The van der Waals surface area contributed by atoms with E-state index < -0.39 is 58.1 Å². The molecule has 0 rings (SSSR count). The first-order chi connectivity index (χ1) is 19.1. The lowest BCUT2D eigenvalue weighted by molar-refractivity contribution is -0.378. The second-order valence-corrected chi connectivity index (χ2v) is 10.2. The van der Waals surface area contributed by atoms with E-state index in [9.17, 15) is 39.5 Å². The molecule has 0 spiro atoms. The summed E-state index contributed by atoms with van der Waals surface area (Å²) < 4.78 is 124. The Hall–Kier alpha value is -3.17. The minimum atomic E-state index is -6.21. The highest BCUT2D eigenvalue weighted by Gasteiger charge is 2.61. The molecule has 42 heavy (non-hydrogen) atoms. The summed E-state index contributed by atoms with van der Waals surface area (Å²) in [7, 11) is 0. The van der Waals surface area contributed by atoms with Gasteiger partial charge in [0.05, 0.1) is 0 Å². The summed E-state index contributed by atoms with van der Waals surface area (Å²) in [4.78, 5) is 0. The fourth-order valence-electron chi connectivity index (χ4n) is 3.47. The largest absolute Gasteiger partial charge is 0.499 e. The molecule has 0 aromatic heterocycles. The van der Waals surface area contributed by atoms with Crippen molar-refractivity contribution >= 4 is 0 Å². The van der Waals surface area contributed by atoms with E-state index >= 15 is 0 Å². The smallest absolute Gasteiger partial charge is 0.423 e. The van der Waals surface area contributed by atoms with E-state index in [4.69, 9.17) is 0 Å². The Morgan fingerprint density at radius 3 is 1.52 bits per heavy atom. The minimum Gasteiger partial charge on any atom is -0.423 e. The van der Waals surface area contributed by atoms with Crippen LogP contribution in [0, 0.1) is 17.8 Å². The van der Waals surface area contributed by atoms with Gasteiger partial charge in [-0.3, -0.25) is 0 Å². The maximum Gasteiger partial charge on any atom is 0.499 e. The van der Waals surface area contributed by atoms with Gasteiger partial charge in [-0.05, 0) is 47.3 Å². The van der Waals surface area contributed by atoms with Gasteiger partial charge in [0.1, 0.15) is 0 Å². The van der Waals surface area contributed by atoms with Crippen molar-refractivity contribution in [3.63, 3.8) is 0 Å². The maximum absolute atomic E-state index is 14.9. The normalized spacial score (nSPS) is 15.7. The van der Waals surface area contributed by atoms with Crippen LogP contribution in [0.5, 0.6) is 0 Å². The number of alkyl halides is 5. The van der Waals surface area contributed by atoms with Crippen molar-refractivity contribution in [2.24, 2.45) is 17.8 Å². The molecule has 0 heterocycles. The van der Waals surface area contributed by atoms with E-state index in [1.807, 2.05) is 0 Å². The number of rotatable bonds is 18. The second kappa shape index (κ2) is 16.5. The summed E-state index contributed by atoms with van der Waals surface area (Å²) in [5.74, 6) is -8.22. The lowest BCUT2D eigenvalue weighted by Crippen LogP contribution is -2.38.